The second-order valence-electron chi connectivity index (χ2n) is 5.96. The Balaban J connectivity index is 1.63. The first-order valence-corrected chi connectivity index (χ1v) is 7.95. The maximum absolute atomic E-state index is 12.6. The zero-order valence-corrected chi connectivity index (χ0v) is 13.1. The van der Waals surface area contributed by atoms with Gasteiger partial charge in [-0.1, -0.05) is 12.1 Å². The standard InChI is InChI=1S/C18H23NO3/c1-21-17-6-2-14(3-7-17)12-15-4-5-16(18(15)20)13-19-8-10-22-11-9-19/h2-3,6-7,12,16H,4-5,8-11,13H2,1H3/b15-12-/t16-/m1/s1. The topological polar surface area (TPSA) is 38.8 Å². The van der Waals surface area contributed by atoms with Crippen molar-refractivity contribution in [2.45, 2.75) is 12.8 Å². The number of Topliss-reactive ketones (excluding diaryl/α,β-unsaturated/α-hetero) is 1. The summed E-state index contributed by atoms with van der Waals surface area (Å²) >= 11 is 0. The van der Waals surface area contributed by atoms with Crippen LogP contribution in [0.5, 0.6) is 5.75 Å². The van der Waals surface area contributed by atoms with E-state index in [1.807, 2.05) is 30.3 Å². The van der Waals surface area contributed by atoms with Gasteiger partial charge in [0.05, 0.1) is 20.3 Å². The second-order valence-corrected chi connectivity index (χ2v) is 5.96. The molecule has 0 aromatic heterocycles. The fourth-order valence-corrected chi connectivity index (χ4v) is 3.16. The molecule has 1 aromatic rings. The van der Waals surface area contributed by atoms with E-state index in [-0.39, 0.29) is 5.92 Å². The number of methoxy groups -OCH3 is 1. The van der Waals surface area contributed by atoms with Gasteiger partial charge < -0.3 is 9.47 Å². The van der Waals surface area contributed by atoms with E-state index in [0.717, 1.165) is 62.6 Å². The van der Waals surface area contributed by atoms with Crippen LogP contribution in [0.25, 0.3) is 6.08 Å². The Morgan fingerprint density at radius 3 is 2.68 bits per heavy atom. The molecule has 1 heterocycles. The summed E-state index contributed by atoms with van der Waals surface area (Å²) in [5, 5.41) is 0. The van der Waals surface area contributed by atoms with Crippen LogP contribution in [0, 0.1) is 5.92 Å². The maximum Gasteiger partial charge on any atom is 0.163 e. The largest absolute Gasteiger partial charge is 0.497 e. The van der Waals surface area contributed by atoms with Crippen molar-refractivity contribution in [2.24, 2.45) is 5.92 Å². The Labute approximate surface area is 131 Å². The molecule has 1 aliphatic heterocycles. The van der Waals surface area contributed by atoms with Gasteiger partial charge in [0.15, 0.2) is 5.78 Å². The fraction of sp³-hybridized carbons (Fsp3) is 0.500. The van der Waals surface area contributed by atoms with Crippen LogP contribution in [0.2, 0.25) is 0 Å². The molecule has 1 aliphatic carbocycles. The molecule has 1 aromatic carbocycles. The first-order valence-electron chi connectivity index (χ1n) is 7.95. The summed E-state index contributed by atoms with van der Waals surface area (Å²) in [4.78, 5) is 14.9. The van der Waals surface area contributed by atoms with Crippen LogP contribution in [-0.2, 0) is 9.53 Å². The highest BCUT2D eigenvalue weighted by Crippen LogP contribution is 2.29. The van der Waals surface area contributed by atoms with Gasteiger partial charge in [-0.3, -0.25) is 9.69 Å². The molecule has 0 unspecified atom stereocenters. The number of hydrogen-bond donors (Lipinski definition) is 0. The van der Waals surface area contributed by atoms with Crippen molar-refractivity contribution < 1.29 is 14.3 Å². The number of allylic oxidation sites excluding steroid dienone is 1. The minimum absolute atomic E-state index is 0.155. The molecule has 1 saturated heterocycles. The normalized spacial score (nSPS) is 24.9. The highest BCUT2D eigenvalue weighted by Gasteiger charge is 2.30. The highest BCUT2D eigenvalue weighted by molar-refractivity contribution is 6.03. The van der Waals surface area contributed by atoms with E-state index in [4.69, 9.17) is 9.47 Å². The molecule has 0 amide bonds. The molecule has 1 saturated carbocycles. The monoisotopic (exact) mass is 301 g/mol. The number of ketones is 1. The summed E-state index contributed by atoms with van der Waals surface area (Å²) in [6, 6.07) is 7.84. The highest BCUT2D eigenvalue weighted by atomic mass is 16.5. The number of hydrogen-bond acceptors (Lipinski definition) is 4. The third-order valence-electron chi connectivity index (χ3n) is 4.49. The lowest BCUT2D eigenvalue weighted by Gasteiger charge is -2.28. The first-order chi connectivity index (χ1) is 10.8. The van der Waals surface area contributed by atoms with Gasteiger partial charge in [0.2, 0.25) is 0 Å². The van der Waals surface area contributed by atoms with E-state index in [0.29, 0.717) is 5.78 Å². The van der Waals surface area contributed by atoms with E-state index < -0.39 is 0 Å². The summed E-state index contributed by atoms with van der Waals surface area (Å²) in [6.07, 6.45) is 3.89. The van der Waals surface area contributed by atoms with Crippen molar-refractivity contribution in [2.75, 3.05) is 40.0 Å². The van der Waals surface area contributed by atoms with Gasteiger partial charge in [-0.05, 0) is 42.2 Å². The first kappa shape index (κ1) is 15.3. The molecule has 3 rings (SSSR count). The Bertz CT molecular complexity index is 544. The van der Waals surface area contributed by atoms with E-state index >= 15 is 0 Å². The van der Waals surface area contributed by atoms with Crippen molar-refractivity contribution in [1.82, 2.24) is 4.90 Å². The Hall–Kier alpha value is -1.65. The smallest absolute Gasteiger partial charge is 0.163 e. The van der Waals surface area contributed by atoms with Crippen LogP contribution in [-0.4, -0.2) is 50.6 Å². The molecular weight excluding hydrogens is 278 g/mol. The summed E-state index contributed by atoms with van der Waals surface area (Å²) in [7, 11) is 1.66. The molecular formula is C18H23NO3. The summed E-state index contributed by atoms with van der Waals surface area (Å²) in [5.74, 6) is 1.31. The van der Waals surface area contributed by atoms with Gasteiger partial charge in [0.25, 0.3) is 0 Å². The number of rotatable bonds is 4. The summed E-state index contributed by atoms with van der Waals surface area (Å²) < 4.78 is 10.5. The zero-order chi connectivity index (χ0) is 15.4. The quantitative estimate of drug-likeness (QED) is 0.801. The molecule has 4 nitrogen and oxygen atoms in total. The number of nitrogens with zero attached hydrogens (tertiary/aromatic N) is 1. The van der Waals surface area contributed by atoms with Crippen molar-refractivity contribution in [3.8, 4) is 5.75 Å². The number of carbonyl (C=O) groups excluding carboxylic acids is 1. The lowest BCUT2D eigenvalue weighted by Crippen LogP contribution is -2.40. The zero-order valence-electron chi connectivity index (χ0n) is 13.1. The molecule has 22 heavy (non-hydrogen) atoms. The average molecular weight is 301 g/mol. The minimum atomic E-state index is 0.155. The molecule has 118 valence electrons. The van der Waals surface area contributed by atoms with Gasteiger partial charge >= 0.3 is 0 Å². The van der Waals surface area contributed by atoms with Crippen molar-refractivity contribution in [3.63, 3.8) is 0 Å². The molecule has 2 aliphatic rings. The van der Waals surface area contributed by atoms with Crippen LogP contribution < -0.4 is 4.74 Å². The molecule has 1 atom stereocenters. The fourth-order valence-electron chi connectivity index (χ4n) is 3.16. The summed E-state index contributed by atoms with van der Waals surface area (Å²) in [5.41, 5.74) is 2.03. The van der Waals surface area contributed by atoms with E-state index in [9.17, 15) is 4.79 Å². The molecule has 0 radical (unpaired) electrons. The number of benzene rings is 1. The van der Waals surface area contributed by atoms with Crippen molar-refractivity contribution in [1.29, 1.82) is 0 Å². The lowest BCUT2D eigenvalue weighted by molar-refractivity contribution is -0.118. The SMILES string of the molecule is COc1ccc(/C=C2/CC[C@H](CN3CCOCC3)C2=O)cc1. The van der Waals surface area contributed by atoms with E-state index in [1.165, 1.54) is 0 Å². The predicted molar refractivity (Wildman–Crippen MR) is 86.0 cm³/mol. The number of carbonyl (C=O) groups is 1. The van der Waals surface area contributed by atoms with Gasteiger partial charge in [-0.25, -0.2) is 0 Å². The average Bonchev–Trinajstić information content (AvgIpc) is 2.90. The van der Waals surface area contributed by atoms with Crippen LogP contribution in [0.4, 0.5) is 0 Å². The Morgan fingerprint density at radius 1 is 1.27 bits per heavy atom. The Morgan fingerprint density at radius 2 is 2.00 bits per heavy atom. The van der Waals surface area contributed by atoms with Crippen LogP contribution in [0.3, 0.4) is 0 Å². The third-order valence-corrected chi connectivity index (χ3v) is 4.49. The van der Waals surface area contributed by atoms with Gasteiger partial charge in [0.1, 0.15) is 5.75 Å². The summed E-state index contributed by atoms with van der Waals surface area (Å²) in [6.45, 7) is 4.34. The van der Waals surface area contributed by atoms with Crippen molar-refractivity contribution >= 4 is 11.9 Å². The van der Waals surface area contributed by atoms with Crippen molar-refractivity contribution in [3.05, 3.63) is 35.4 Å². The van der Waals surface area contributed by atoms with Gasteiger partial charge in [-0.2, -0.15) is 0 Å². The molecule has 0 bridgehead atoms. The molecule has 0 spiro atoms. The van der Waals surface area contributed by atoms with Gasteiger partial charge in [-0.15, -0.1) is 0 Å². The molecule has 0 N–H and O–H groups in total. The minimum Gasteiger partial charge on any atom is -0.497 e. The number of ether oxygens (including phenoxy) is 2. The Kier molecular flexibility index (Phi) is 4.90. The predicted octanol–water partition coefficient (Wildman–Crippen LogP) is 2.39. The second kappa shape index (κ2) is 7.07. The lowest BCUT2D eigenvalue weighted by atomic mass is 10.0. The van der Waals surface area contributed by atoms with E-state index in [2.05, 4.69) is 4.90 Å². The number of morpholine rings is 1. The molecule has 2 fully saturated rings. The molecule has 4 heteroatoms. The maximum atomic E-state index is 12.6. The van der Waals surface area contributed by atoms with Crippen LogP contribution in [0.15, 0.2) is 29.8 Å². The van der Waals surface area contributed by atoms with Crippen LogP contribution >= 0.6 is 0 Å². The van der Waals surface area contributed by atoms with E-state index in [1.54, 1.807) is 7.11 Å². The van der Waals surface area contributed by atoms with Crippen LogP contribution in [0.1, 0.15) is 18.4 Å². The van der Waals surface area contributed by atoms with Gasteiger partial charge in [0, 0.05) is 25.6 Å². The third kappa shape index (κ3) is 3.57.